The largest absolute Gasteiger partial charge is 0.334 e. The minimum Gasteiger partial charge on any atom is -0.334 e. The van der Waals surface area contributed by atoms with Gasteiger partial charge >= 0.3 is 0 Å². The Hall–Kier alpha value is -1.75. The van der Waals surface area contributed by atoms with Gasteiger partial charge in [-0.1, -0.05) is 6.07 Å². The van der Waals surface area contributed by atoms with Gasteiger partial charge in [-0.05, 0) is 30.7 Å². The molecule has 0 bridgehead atoms. The summed E-state index contributed by atoms with van der Waals surface area (Å²) in [5, 5.41) is 2.05. The predicted octanol–water partition coefficient (Wildman–Crippen LogP) is 2.83. The maximum atomic E-state index is 12.4. The van der Waals surface area contributed by atoms with E-state index in [0.717, 1.165) is 31.5 Å². The van der Waals surface area contributed by atoms with E-state index in [1.807, 2.05) is 11.0 Å². The maximum Gasteiger partial charge on any atom is 0.223 e. The number of likely N-dealkylation sites (tertiary alicyclic amines) is 1. The summed E-state index contributed by atoms with van der Waals surface area (Å²) in [7, 11) is 0. The number of rotatable bonds is 4. The fourth-order valence-electron chi connectivity index (χ4n) is 2.68. The van der Waals surface area contributed by atoms with Gasteiger partial charge in [0.25, 0.3) is 0 Å². The molecule has 1 aliphatic rings. The van der Waals surface area contributed by atoms with Crippen molar-refractivity contribution in [3.63, 3.8) is 0 Å². The van der Waals surface area contributed by atoms with E-state index < -0.39 is 0 Å². The van der Waals surface area contributed by atoms with Crippen molar-refractivity contribution in [2.45, 2.75) is 31.7 Å². The number of hydrogen-bond donors (Lipinski definition) is 0. The Labute approximate surface area is 122 Å². The van der Waals surface area contributed by atoms with Crippen LogP contribution in [0.4, 0.5) is 0 Å². The zero-order chi connectivity index (χ0) is 13.8. The van der Waals surface area contributed by atoms with E-state index in [4.69, 9.17) is 0 Å². The van der Waals surface area contributed by atoms with Crippen molar-refractivity contribution in [2.24, 2.45) is 0 Å². The Balaban J connectivity index is 1.64. The van der Waals surface area contributed by atoms with E-state index in [0.29, 0.717) is 6.42 Å². The molecule has 0 radical (unpaired) electrons. The number of carbonyl (C=O) groups is 1. The van der Waals surface area contributed by atoms with E-state index in [-0.39, 0.29) is 11.9 Å². The summed E-state index contributed by atoms with van der Waals surface area (Å²) in [6.45, 7) is 0.838. The van der Waals surface area contributed by atoms with Gasteiger partial charge in [-0.3, -0.25) is 14.8 Å². The van der Waals surface area contributed by atoms with Gasteiger partial charge < -0.3 is 4.90 Å². The third-order valence-corrected chi connectivity index (χ3v) is 4.60. The van der Waals surface area contributed by atoms with Crippen LogP contribution in [0, 0.1) is 0 Å². The Morgan fingerprint density at radius 1 is 1.45 bits per heavy atom. The quantitative estimate of drug-likeness (QED) is 0.868. The highest BCUT2D eigenvalue weighted by Crippen LogP contribution is 2.31. The Morgan fingerprint density at radius 2 is 2.40 bits per heavy atom. The molecule has 1 fully saturated rings. The Kier molecular flexibility index (Phi) is 4.06. The predicted molar refractivity (Wildman–Crippen MR) is 78.4 cm³/mol. The van der Waals surface area contributed by atoms with E-state index in [1.54, 1.807) is 29.9 Å². The monoisotopic (exact) mass is 287 g/mol. The van der Waals surface area contributed by atoms with Crippen LogP contribution in [0.1, 0.15) is 35.9 Å². The second kappa shape index (κ2) is 6.13. The van der Waals surface area contributed by atoms with Crippen LogP contribution < -0.4 is 0 Å². The van der Waals surface area contributed by atoms with Gasteiger partial charge in [0.15, 0.2) is 0 Å². The number of nitrogens with zero attached hydrogens (tertiary/aromatic N) is 3. The SMILES string of the molecule is O=C(CCc1cccs1)N1CCCC1c1cnccn1. The molecule has 20 heavy (non-hydrogen) atoms. The molecule has 1 amide bonds. The highest BCUT2D eigenvalue weighted by molar-refractivity contribution is 7.09. The van der Waals surface area contributed by atoms with Crippen LogP contribution >= 0.6 is 11.3 Å². The number of aromatic nitrogens is 2. The van der Waals surface area contributed by atoms with Gasteiger partial charge in [-0.15, -0.1) is 11.3 Å². The smallest absolute Gasteiger partial charge is 0.223 e. The van der Waals surface area contributed by atoms with Crippen LogP contribution in [-0.2, 0) is 11.2 Å². The molecule has 0 aliphatic carbocycles. The van der Waals surface area contributed by atoms with Gasteiger partial charge in [0.2, 0.25) is 5.91 Å². The average molecular weight is 287 g/mol. The third kappa shape index (κ3) is 2.88. The molecule has 0 N–H and O–H groups in total. The third-order valence-electron chi connectivity index (χ3n) is 3.66. The molecule has 104 valence electrons. The maximum absolute atomic E-state index is 12.4. The minimum absolute atomic E-state index is 0.111. The van der Waals surface area contributed by atoms with Crippen molar-refractivity contribution in [1.82, 2.24) is 14.9 Å². The van der Waals surface area contributed by atoms with Gasteiger partial charge in [-0.2, -0.15) is 0 Å². The van der Waals surface area contributed by atoms with Crippen molar-refractivity contribution < 1.29 is 4.79 Å². The Morgan fingerprint density at radius 3 is 3.15 bits per heavy atom. The van der Waals surface area contributed by atoms with E-state index in [9.17, 15) is 4.79 Å². The highest BCUT2D eigenvalue weighted by atomic mass is 32.1. The lowest BCUT2D eigenvalue weighted by Crippen LogP contribution is -2.31. The molecule has 2 aromatic rings. The van der Waals surface area contributed by atoms with Gasteiger partial charge in [0.1, 0.15) is 0 Å². The second-order valence-corrected chi connectivity index (χ2v) is 5.99. The highest BCUT2D eigenvalue weighted by Gasteiger charge is 2.30. The number of hydrogen-bond acceptors (Lipinski definition) is 4. The molecular formula is C15H17N3OS. The van der Waals surface area contributed by atoms with E-state index in [1.165, 1.54) is 4.88 Å². The molecule has 1 aliphatic heterocycles. The molecule has 3 rings (SSSR count). The summed E-state index contributed by atoms with van der Waals surface area (Å²) in [4.78, 5) is 24.1. The molecule has 0 aromatic carbocycles. The fourth-order valence-corrected chi connectivity index (χ4v) is 3.39. The first-order chi connectivity index (χ1) is 9.84. The second-order valence-electron chi connectivity index (χ2n) is 4.95. The molecule has 1 atom stereocenters. The van der Waals surface area contributed by atoms with Crippen molar-refractivity contribution in [3.05, 3.63) is 46.7 Å². The van der Waals surface area contributed by atoms with Crippen molar-refractivity contribution in [1.29, 1.82) is 0 Å². The fraction of sp³-hybridized carbons (Fsp3) is 0.400. The van der Waals surface area contributed by atoms with Crippen molar-refractivity contribution >= 4 is 17.2 Å². The first-order valence-electron chi connectivity index (χ1n) is 6.92. The van der Waals surface area contributed by atoms with Crippen LogP contribution in [0.5, 0.6) is 0 Å². The van der Waals surface area contributed by atoms with Crippen LogP contribution in [0.15, 0.2) is 36.1 Å². The Bertz CT molecular complexity index is 556. The van der Waals surface area contributed by atoms with Crippen molar-refractivity contribution in [3.8, 4) is 0 Å². The zero-order valence-corrected chi connectivity index (χ0v) is 12.1. The first-order valence-corrected chi connectivity index (χ1v) is 7.80. The van der Waals surface area contributed by atoms with Crippen LogP contribution in [0.2, 0.25) is 0 Å². The molecule has 3 heterocycles. The van der Waals surface area contributed by atoms with E-state index >= 15 is 0 Å². The lowest BCUT2D eigenvalue weighted by Gasteiger charge is -2.24. The summed E-state index contributed by atoms with van der Waals surface area (Å²) in [5.74, 6) is 0.228. The minimum atomic E-state index is 0.111. The standard InChI is InChI=1S/C15H17N3OS/c19-15(6-5-12-3-2-10-20-12)18-9-1-4-14(18)13-11-16-7-8-17-13/h2-3,7-8,10-11,14H,1,4-6,9H2. The lowest BCUT2D eigenvalue weighted by atomic mass is 10.1. The lowest BCUT2D eigenvalue weighted by molar-refractivity contribution is -0.132. The molecule has 2 aromatic heterocycles. The molecule has 0 spiro atoms. The summed E-state index contributed by atoms with van der Waals surface area (Å²) in [6, 6.07) is 4.23. The van der Waals surface area contributed by atoms with E-state index in [2.05, 4.69) is 21.4 Å². The average Bonchev–Trinajstić information content (AvgIpc) is 3.17. The molecule has 1 unspecified atom stereocenters. The molecule has 0 saturated carbocycles. The molecule has 4 nitrogen and oxygen atoms in total. The normalized spacial score (nSPS) is 18.4. The van der Waals surface area contributed by atoms with Crippen LogP contribution in [-0.4, -0.2) is 27.3 Å². The van der Waals surface area contributed by atoms with Crippen LogP contribution in [0.25, 0.3) is 0 Å². The van der Waals surface area contributed by atoms with Crippen LogP contribution in [0.3, 0.4) is 0 Å². The zero-order valence-electron chi connectivity index (χ0n) is 11.2. The summed E-state index contributed by atoms with van der Waals surface area (Å²) < 4.78 is 0. The number of carbonyl (C=O) groups excluding carboxylic acids is 1. The topological polar surface area (TPSA) is 46.1 Å². The number of aryl methyl sites for hydroxylation is 1. The van der Waals surface area contributed by atoms with Crippen molar-refractivity contribution in [2.75, 3.05) is 6.54 Å². The van der Waals surface area contributed by atoms with Gasteiger partial charge in [-0.25, -0.2) is 0 Å². The first kappa shape index (κ1) is 13.2. The summed E-state index contributed by atoms with van der Waals surface area (Å²) >= 11 is 1.71. The molecule has 1 saturated heterocycles. The molecule has 5 heteroatoms. The van der Waals surface area contributed by atoms with Gasteiger partial charge in [0, 0.05) is 30.2 Å². The summed E-state index contributed by atoms with van der Waals surface area (Å²) in [6.07, 6.45) is 8.59. The van der Waals surface area contributed by atoms with Gasteiger partial charge in [0.05, 0.1) is 17.9 Å². The molecular weight excluding hydrogens is 270 g/mol. The summed E-state index contributed by atoms with van der Waals surface area (Å²) in [5.41, 5.74) is 0.912. The number of amides is 1. The number of thiophene rings is 1.